The highest BCUT2D eigenvalue weighted by Gasteiger charge is 2.20. The quantitative estimate of drug-likeness (QED) is 0.438. The highest BCUT2D eigenvalue weighted by Crippen LogP contribution is 2.11. The minimum absolute atomic E-state index is 0.468. The lowest BCUT2D eigenvalue weighted by atomic mass is 10.3. The Hall–Kier alpha value is -2.32. The van der Waals surface area contributed by atoms with Crippen molar-refractivity contribution in [2.24, 2.45) is 4.99 Å². The fourth-order valence-electron chi connectivity index (χ4n) is 2.84. The predicted octanol–water partition coefficient (Wildman–Crippen LogP) is 1.89. The van der Waals surface area contributed by atoms with Crippen LogP contribution in [0.4, 0.5) is 0 Å². The normalized spacial score (nSPS) is 15.8. The van der Waals surface area contributed by atoms with Crippen molar-refractivity contribution in [1.29, 1.82) is 0 Å². The molecule has 2 aromatic rings. The van der Waals surface area contributed by atoms with Gasteiger partial charge in [0.15, 0.2) is 5.96 Å². The number of piperazine rings is 1. The molecule has 0 saturated carbocycles. The summed E-state index contributed by atoms with van der Waals surface area (Å²) in [5, 5.41) is 7.94. The molecule has 0 radical (unpaired) electrons. The van der Waals surface area contributed by atoms with Crippen LogP contribution in [0, 0.1) is 0 Å². The van der Waals surface area contributed by atoms with Gasteiger partial charge in [-0.05, 0) is 13.0 Å². The molecule has 146 valence electrons. The average molecular weight is 393 g/mol. The third kappa shape index (κ3) is 6.11. The van der Waals surface area contributed by atoms with Crippen LogP contribution in [-0.2, 0) is 6.54 Å². The molecular formula is C18H25ClN6O2. The van der Waals surface area contributed by atoms with Crippen molar-refractivity contribution in [1.82, 2.24) is 25.3 Å². The standard InChI is InChI=1S/C18H25ClN6O2/c1-2-20-18(21-6-12-26-17-4-3-15(19)13-22-17)25-9-7-24(8-10-25)14-16-5-11-27-23-16/h3-5,11,13H,2,6-10,12,14H2,1H3,(H,20,21). The van der Waals surface area contributed by atoms with Crippen LogP contribution >= 0.6 is 11.6 Å². The van der Waals surface area contributed by atoms with Gasteiger partial charge in [-0.25, -0.2) is 9.98 Å². The summed E-state index contributed by atoms with van der Waals surface area (Å²) in [6.07, 6.45) is 3.19. The number of nitrogens with zero attached hydrogens (tertiary/aromatic N) is 5. The minimum atomic E-state index is 0.468. The molecule has 2 aromatic heterocycles. The van der Waals surface area contributed by atoms with Gasteiger partial charge in [-0.15, -0.1) is 0 Å². The second-order valence-corrected chi connectivity index (χ2v) is 6.59. The lowest BCUT2D eigenvalue weighted by Crippen LogP contribution is -2.52. The second kappa shape index (κ2) is 10.1. The molecule has 8 nitrogen and oxygen atoms in total. The molecular weight excluding hydrogens is 368 g/mol. The molecule has 9 heteroatoms. The third-order valence-corrected chi connectivity index (χ3v) is 4.41. The zero-order valence-corrected chi connectivity index (χ0v) is 16.2. The van der Waals surface area contributed by atoms with Gasteiger partial charge in [0.2, 0.25) is 5.88 Å². The van der Waals surface area contributed by atoms with Gasteiger partial charge in [-0.1, -0.05) is 16.8 Å². The molecule has 0 bridgehead atoms. The first-order chi connectivity index (χ1) is 13.2. The summed E-state index contributed by atoms with van der Waals surface area (Å²) >= 11 is 5.82. The van der Waals surface area contributed by atoms with Gasteiger partial charge < -0.3 is 19.5 Å². The monoisotopic (exact) mass is 392 g/mol. The van der Waals surface area contributed by atoms with Gasteiger partial charge in [-0.3, -0.25) is 4.90 Å². The largest absolute Gasteiger partial charge is 0.476 e. The van der Waals surface area contributed by atoms with E-state index >= 15 is 0 Å². The summed E-state index contributed by atoms with van der Waals surface area (Å²) < 4.78 is 10.5. The van der Waals surface area contributed by atoms with Crippen molar-refractivity contribution >= 4 is 17.6 Å². The summed E-state index contributed by atoms with van der Waals surface area (Å²) in [6, 6.07) is 5.43. The maximum atomic E-state index is 5.82. The first-order valence-electron chi connectivity index (χ1n) is 9.14. The van der Waals surface area contributed by atoms with E-state index in [9.17, 15) is 0 Å². The van der Waals surface area contributed by atoms with Gasteiger partial charge in [0, 0.05) is 57.6 Å². The molecule has 0 spiro atoms. The molecule has 0 amide bonds. The van der Waals surface area contributed by atoms with Crippen molar-refractivity contribution < 1.29 is 9.26 Å². The summed E-state index contributed by atoms with van der Waals surface area (Å²) in [7, 11) is 0. The molecule has 27 heavy (non-hydrogen) atoms. The van der Waals surface area contributed by atoms with Crippen molar-refractivity contribution in [2.45, 2.75) is 13.5 Å². The summed E-state index contributed by atoms with van der Waals surface area (Å²) in [4.78, 5) is 13.4. The van der Waals surface area contributed by atoms with Gasteiger partial charge in [0.25, 0.3) is 0 Å². The molecule has 3 rings (SSSR count). The Balaban J connectivity index is 1.45. The Morgan fingerprint density at radius 2 is 2.15 bits per heavy atom. The zero-order chi connectivity index (χ0) is 18.9. The van der Waals surface area contributed by atoms with Crippen molar-refractivity contribution in [3.05, 3.63) is 41.4 Å². The average Bonchev–Trinajstić information content (AvgIpc) is 3.19. The van der Waals surface area contributed by atoms with Gasteiger partial charge >= 0.3 is 0 Å². The Morgan fingerprint density at radius 1 is 1.30 bits per heavy atom. The number of nitrogens with one attached hydrogen (secondary N) is 1. The number of pyridine rings is 1. The van der Waals surface area contributed by atoms with Crippen molar-refractivity contribution in [3.63, 3.8) is 0 Å². The number of rotatable bonds is 7. The van der Waals surface area contributed by atoms with Crippen LogP contribution in [0.3, 0.4) is 0 Å². The molecule has 0 unspecified atom stereocenters. The topological polar surface area (TPSA) is 79.0 Å². The number of guanidine groups is 1. The number of ether oxygens (including phenoxy) is 1. The first-order valence-corrected chi connectivity index (χ1v) is 9.51. The molecule has 0 atom stereocenters. The predicted molar refractivity (Wildman–Crippen MR) is 104 cm³/mol. The molecule has 0 aliphatic carbocycles. The molecule has 1 N–H and O–H groups in total. The van der Waals surface area contributed by atoms with E-state index in [0.29, 0.717) is 24.1 Å². The Labute approximate surface area is 164 Å². The molecule has 1 aliphatic rings. The van der Waals surface area contributed by atoms with Crippen LogP contribution in [0.15, 0.2) is 40.2 Å². The van der Waals surface area contributed by atoms with Crippen LogP contribution in [0.5, 0.6) is 5.88 Å². The van der Waals surface area contributed by atoms with E-state index in [2.05, 4.69) is 37.2 Å². The molecule has 0 aromatic carbocycles. The highest BCUT2D eigenvalue weighted by atomic mass is 35.5. The van der Waals surface area contributed by atoms with E-state index in [1.807, 2.05) is 6.07 Å². The SMILES string of the molecule is CCNC(=NCCOc1ccc(Cl)cn1)N1CCN(Cc2ccon2)CC1. The number of hydrogen-bond acceptors (Lipinski definition) is 6. The number of halogens is 1. The molecule has 1 fully saturated rings. The third-order valence-electron chi connectivity index (χ3n) is 4.19. The molecule has 1 saturated heterocycles. The van der Waals surface area contributed by atoms with E-state index in [1.54, 1.807) is 24.6 Å². The van der Waals surface area contributed by atoms with E-state index in [1.165, 1.54) is 0 Å². The van der Waals surface area contributed by atoms with E-state index in [4.69, 9.17) is 20.9 Å². The van der Waals surface area contributed by atoms with Crippen LogP contribution in [0.25, 0.3) is 0 Å². The fraction of sp³-hybridized carbons (Fsp3) is 0.500. The zero-order valence-electron chi connectivity index (χ0n) is 15.5. The van der Waals surface area contributed by atoms with E-state index < -0.39 is 0 Å². The fourth-order valence-corrected chi connectivity index (χ4v) is 2.95. The van der Waals surface area contributed by atoms with Gasteiger partial charge in [-0.2, -0.15) is 0 Å². The summed E-state index contributed by atoms with van der Waals surface area (Å²) in [6.45, 7) is 8.51. The van der Waals surface area contributed by atoms with Gasteiger partial charge in [0.1, 0.15) is 12.9 Å². The smallest absolute Gasteiger partial charge is 0.213 e. The second-order valence-electron chi connectivity index (χ2n) is 6.15. The molecule has 3 heterocycles. The van der Waals surface area contributed by atoms with Crippen molar-refractivity contribution in [3.8, 4) is 5.88 Å². The van der Waals surface area contributed by atoms with E-state index in [-0.39, 0.29) is 0 Å². The lowest BCUT2D eigenvalue weighted by Gasteiger charge is -2.36. The lowest BCUT2D eigenvalue weighted by molar-refractivity contribution is 0.169. The van der Waals surface area contributed by atoms with Crippen LogP contribution in [0.1, 0.15) is 12.6 Å². The number of aromatic nitrogens is 2. The summed E-state index contributed by atoms with van der Waals surface area (Å²) in [5.74, 6) is 1.48. The molecule has 1 aliphatic heterocycles. The number of hydrogen-bond donors (Lipinski definition) is 1. The first kappa shape index (κ1) is 19.4. The Kier molecular flexibility index (Phi) is 7.29. The van der Waals surface area contributed by atoms with Gasteiger partial charge in [0.05, 0.1) is 17.3 Å². The number of aliphatic imine (C=N–C) groups is 1. The maximum Gasteiger partial charge on any atom is 0.213 e. The Morgan fingerprint density at radius 3 is 2.81 bits per heavy atom. The Bertz CT molecular complexity index is 699. The summed E-state index contributed by atoms with van der Waals surface area (Å²) in [5.41, 5.74) is 0.969. The van der Waals surface area contributed by atoms with Crippen LogP contribution in [0.2, 0.25) is 5.02 Å². The van der Waals surface area contributed by atoms with Crippen molar-refractivity contribution in [2.75, 3.05) is 45.9 Å². The van der Waals surface area contributed by atoms with Crippen LogP contribution < -0.4 is 10.1 Å². The maximum absolute atomic E-state index is 5.82. The highest BCUT2D eigenvalue weighted by molar-refractivity contribution is 6.30. The van der Waals surface area contributed by atoms with Crippen LogP contribution in [-0.4, -0.2) is 71.8 Å². The van der Waals surface area contributed by atoms with E-state index in [0.717, 1.165) is 50.9 Å². The minimum Gasteiger partial charge on any atom is -0.476 e.